The van der Waals surface area contributed by atoms with Crippen LogP contribution in [0.3, 0.4) is 0 Å². The lowest BCUT2D eigenvalue weighted by Gasteiger charge is -2.10. The Morgan fingerprint density at radius 2 is 2.05 bits per heavy atom. The Hall–Kier alpha value is -1.39. The van der Waals surface area contributed by atoms with Crippen molar-refractivity contribution in [3.63, 3.8) is 0 Å². The van der Waals surface area contributed by atoms with Crippen molar-refractivity contribution in [3.05, 3.63) is 57.7 Å². The molecule has 3 nitrogen and oxygen atoms in total. The Morgan fingerprint density at radius 1 is 1.25 bits per heavy atom. The van der Waals surface area contributed by atoms with Crippen molar-refractivity contribution in [2.45, 2.75) is 32.9 Å². The van der Waals surface area contributed by atoms with Gasteiger partial charge in [-0.2, -0.15) is 0 Å². The lowest BCUT2D eigenvalue weighted by molar-refractivity contribution is 0.292. The number of nitrogens with two attached hydrogens (primary N) is 1. The molecule has 0 amide bonds. The molecule has 0 aliphatic carbocycles. The van der Waals surface area contributed by atoms with Crippen molar-refractivity contribution >= 4 is 15.9 Å². The van der Waals surface area contributed by atoms with Gasteiger partial charge in [0.15, 0.2) is 0 Å². The van der Waals surface area contributed by atoms with Gasteiger partial charge in [0.25, 0.3) is 0 Å². The molecule has 20 heavy (non-hydrogen) atoms. The third kappa shape index (κ3) is 4.05. The van der Waals surface area contributed by atoms with Crippen LogP contribution >= 0.6 is 15.9 Å². The first-order valence-corrected chi connectivity index (χ1v) is 7.58. The Labute approximate surface area is 128 Å². The molecular weight excluding hydrogens is 316 g/mol. The fourth-order valence-corrected chi connectivity index (χ4v) is 2.36. The maximum absolute atomic E-state index is 5.81. The van der Waals surface area contributed by atoms with E-state index in [-0.39, 0.29) is 0 Å². The maximum Gasteiger partial charge on any atom is 0.214 e. The van der Waals surface area contributed by atoms with Gasteiger partial charge in [0, 0.05) is 28.3 Å². The minimum atomic E-state index is 0.494. The van der Waals surface area contributed by atoms with E-state index in [2.05, 4.69) is 33.9 Å². The van der Waals surface area contributed by atoms with Gasteiger partial charge in [0.1, 0.15) is 6.61 Å². The predicted octanol–water partition coefficient (Wildman–Crippen LogP) is 3.83. The van der Waals surface area contributed by atoms with E-state index in [0.29, 0.717) is 19.0 Å². The highest BCUT2D eigenvalue weighted by Crippen LogP contribution is 2.19. The monoisotopic (exact) mass is 334 g/mol. The number of pyridine rings is 1. The number of rotatable bonds is 6. The molecule has 2 N–H and O–H groups in total. The van der Waals surface area contributed by atoms with Gasteiger partial charge in [-0.15, -0.1) is 0 Å². The van der Waals surface area contributed by atoms with E-state index in [4.69, 9.17) is 10.5 Å². The smallest absolute Gasteiger partial charge is 0.214 e. The van der Waals surface area contributed by atoms with E-state index in [0.717, 1.165) is 34.1 Å². The molecule has 0 radical (unpaired) electrons. The van der Waals surface area contributed by atoms with Crippen LogP contribution in [0.15, 0.2) is 40.9 Å². The summed E-state index contributed by atoms with van der Waals surface area (Å²) in [5.41, 5.74) is 8.93. The van der Waals surface area contributed by atoms with Crippen LogP contribution in [0.5, 0.6) is 5.88 Å². The maximum atomic E-state index is 5.81. The fraction of sp³-hybridized carbons (Fsp3) is 0.312. The van der Waals surface area contributed by atoms with Crippen LogP contribution in [-0.2, 0) is 19.6 Å². The van der Waals surface area contributed by atoms with E-state index >= 15 is 0 Å². The lowest BCUT2D eigenvalue weighted by atomic mass is 10.1. The Kier molecular flexibility index (Phi) is 5.56. The summed E-state index contributed by atoms with van der Waals surface area (Å²) < 4.78 is 6.85. The lowest BCUT2D eigenvalue weighted by Crippen LogP contribution is -2.04. The molecular formula is C16H19BrN2O. The molecule has 1 aromatic carbocycles. The number of aryl methyl sites for hydroxylation is 1. The van der Waals surface area contributed by atoms with Gasteiger partial charge in [0.2, 0.25) is 5.88 Å². The number of nitrogens with zero attached hydrogens (tertiary/aromatic N) is 1. The third-order valence-electron chi connectivity index (χ3n) is 2.99. The molecule has 0 aliphatic rings. The van der Waals surface area contributed by atoms with Crippen molar-refractivity contribution in [2.24, 2.45) is 5.73 Å². The minimum absolute atomic E-state index is 0.494. The van der Waals surface area contributed by atoms with Gasteiger partial charge >= 0.3 is 0 Å². The highest BCUT2D eigenvalue weighted by Gasteiger charge is 2.05. The topological polar surface area (TPSA) is 48.1 Å². The molecule has 4 heteroatoms. The standard InChI is InChI=1S/C16H19BrN2O/c1-2-5-14-8-12(10-18)9-16(19-14)20-11-13-6-3-4-7-15(13)17/h3-4,6-9H,2,5,10-11,18H2,1H3. The van der Waals surface area contributed by atoms with Crippen molar-refractivity contribution in [1.82, 2.24) is 4.98 Å². The van der Waals surface area contributed by atoms with Crippen LogP contribution in [0.2, 0.25) is 0 Å². The first kappa shape index (κ1) is 15.0. The average molecular weight is 335 g/mol. The molecule has 106 valence electrons. The van der Waals surface area contributed by atoms with Crippen molar-refractivity contribution in [1.29, 1.82) is 0 Å². The second-order valence-corrected chi connectivity index (χ2v) is 5.49. The summed E-state index contributed by atoms with van der Waals surface area (Å²) in [6.07, 6.45) is 2.00. The second-order valence-electron chi connectivity index (χ2n) is 4.64. The molecule has 0 aliphatic heterocycles. The highest BCUT2D eigenvalue weighted by atomic mass is 79.9. The summed E-state index contributed by atoms with van der Waals surface area (Å²) in [5.74, 6) is 0.646. The minimum Gasteiger partial charge on any atom is -0.473 e. The van der Waals surface area contributed by atoms with Crippen LogP contribution < -0.4 is 10.5 Å². The van der Waals surface area contributed by atoms with Gasteiger partial charge in [-0.25, -0.2) is 4.98 Å². The van der Waals surface area contributed by atoms with Crippen LogP contribution in [0.1, 0.15) is 30.2 Å². The average Bonchev–Trinajstić information content (AvgIpc) is 2.46. The van der Waals surface area contributed by atoms with Gasteiger partial charge in [0.05, 0.1) is 0 Å². The molecule has 1 heterocycles. The zero-order valence-corrected chi connectivity index (χ0v) is 13.2. The summed E-state index contributed by atoms with van der Waals surface area (Å²) in [6.45, 7) is 3.14. The Bertz CT molecular complexity index is 572. The van der Waals surface area contributed by atoms with E-state index in [9.17, 15) is 0 Å². The summed E-state index contributed by atoms with van der Waals surface area (Å²) in [5, 5.41) is 0. The molecule has 0 saturated carbocycles. The van der Waals surface area contributed by atoms with Crippen LogP contribution in [0.25, 0.3) is 0 Å². The highest BCUT2D eigenvalue weighted by molar-refractivity contribution is 9.10. The van der Waals surface area contributed by atoms with Gasteiger partial charge in [-0.1, -0.05) is 47.5 Å². The number of hydrogen-bond donors (Lipinski definition) is 1. The molecule has 1 aromatic heterocycles. The fourth-order valence-electron chi connectivity index (χ4n) is 1.96. The van der Waals surface area contributed by atoms with E-state index in [1.165, 1.54) is 0 Å². The predicted molar refractivity (Wildman–Crippen MR) is 84.6 cm³/mol. The first-order valence-electron chi connectivity index (χ1n) is 6.79. The largest absolute Gasteiger partial charge is 0.473 e. The molecule has 0 atom stereocenters. The SMILES string of the molecule is CCCc1cc(CN)cc(OCc2ccccc2Br)n1. The molecule has 0 unspecified atom stereocenters. The van der Waals surface area contributed by atoms with E-state index < -0.39 is 0 Å². The van der Waals surface area contributed by atoms with Crippen LogP contribution in [0.4, 0.5) is 0 Å². The molecule has 0 saturated heterocycles. The van der Waals surface area contributed by atoms with Crippen LogP contribution in [-0.4, -0.2) is 4.98 Å². The molecule has 0 fully saturated rings. The third-order valence-corrected chi connectivity index (χ3v) is 3.76. The quantitative estimate of drug-likeness (QED) is 0.873. The molecule has 2 aromatic rings. The zero-order valence-electron chi connectivity index (χ0n) is 11.6. The van der Waals surface area contributed by atoms with Gasteiger partial charge in [-0.05, 0) is 24.1 Å². The summed E-state index contributed by atoms with van der Waals surface area (Å²) in [6, 6.07) is 12.0. The Morgan fingerprint density at radius 3 is 2.75 bits per heavy atom. The number of aromatic nitrogens is 1. The molecule has 0 spiro atoms. The van der Waals surface area contributed by atoms with Gasteiger partial charge < -0.3 is 10.5 Å². The number of halogens is 1. The number of ether oxygens (including phenoxy) is 1. The Balaban J connectivity index is 2.12. The normalized spacial score (nSPS) is 10.6. The summed E-state index contributed by atoms with van der Waals surface area (Å²) >= 11 is 3.52. The van der Waals surface area contributed by atoms with Gasteiger partial charge in [-0.3, -0.25) is 0 Å². The van der Waals surface area contributed by atoms with E-state index in [1.54, 1.807) is 0 Å². The first-order chi connectivity index (χ1) is 9.72. The molecule has 0 bridgehead atoms. The van der Waals surface area contributed by atoms with E-state index in [1.807, 2.05) is 30.3 Å². The van der Waals surface area contributed by atoms with Crippen molar-refractivity contribution in [2.75, 3.05) is 0 Å². The molecule has 2 rings (SSSR count). The summed E-state index contributed by atoms with van der Waals surface area (Å²) in [4.78, 5) is 4.52. The second kappa shape index (κ2) is 7.41. The number of hydrogen-bond acceptors (Lipinski definition) is 3. The zero-order chi connectivity index (χ0) is 14.4. The van der Waals surface area contributed by atoms with Crippen molar-refractivity contribution < 1.29 is 4.74 Å². The van der Waals surface area contributed by atoms with Crippen molar-refractivity contribution in [3.8, 4) is 5.88 Å². The summed E-state index contributed by atoms with van der Waals surface area (Å²) in [7, 11) is 0. The van der Waals surface area contributed by atoms with Crippen LogP contribution in [0, 0.1) is 0 Å². The number of benzene rings is 1.